The Morgan fingerprint density at radius 1 is 1.24 bits per heavy atom. The van der Waals surface area contributed by atoms with Crippen molar-refractivity contribution in [3.8, 4) is 0 Å². The topological polar surface area (TPSA) is 25.2 Å². The molecule has 0 unspecified atom stereocenters. The van der Waals surface area contributed by atoms with Crippen LogP contribution in [0.4, 0.5) is 0 Å². The van der Waals surface area contributed by atoms with Crippen LogP contribution in [0, 0.1) is 6.92 Å². The SMILES string of the molecule is Cc1ccccc1CC(=O)N1CCC[C@@H]1c1cccn1C. The molecule has 1 saturated heterocycles. The monoisotopic (exact) mass is 282 g/mol. The molecule has 0 N–H and O–H groups in total. The highest BCUT2D eigenvalue weighted by Crippen LogP contribution is 2.32. The molecule has 0 radical (unpaired) electrons. The minimum Gasteiger partial charge on any atom is -0.353 e. The van der Waals surface area contributed by atoms with Gasteiger partial charge in [-0.2, -0.15) is 0 Å². The van der Waals surface area contributed by atoms with Crippen LogP contribution in [0.15, 0.2) is 42.6 Å². The van der Waals surface area contributed by atoms with E-state index in [9.17, 15) is 4.79 Å². The molecule has 0 aliphatic carbocycles. The van der Waals surface area contributed by atoms with Crippen molar-refractivity contribution in [1.82, 2.24) is 9.47 Å². The molecular weight excluding hydrogens is 260 g/mol. The van der Waals surface area contributed by atoms with Crippen molar-refractivity contribution in [2.45, 2.75) is 32.2 Å². The molecule has 21 heavy (non-hydrogen) atoms. The van der Waals surface area contributed by atoms with E-state index in [0.29, 0.717) is 6.42 Å². The van der Waals surface area contributed by atoms with Crippen LogP contribution >= 0.6 is 0 Å². The Bertz CT molecular complexity index is 644. The lowest BCUT2D eigenvalue weighted by molar-refractivity contribution is -0.131. The van der Waals surface area contributed by atoms with E-state index >= 15 is 0 Å². The third-order valence-corrected chi connectivity index (χ3v) is 4.50. The molecule has 1 atom stereocenters. The first-order valence-electron chi connectivity index (χ1n) is 7.62. The number of aromatic nitrogens is 1. The second kappa shape index (κ2) is 5.76. The lowest BCUT2D eigenvalue weighted by Crippen LogP contribution is -2.32. The molecule has 110 valence electrons. The zero-order chi connectivity index (χ0) is 14.8. The largest absolute Gasteiger partial charge is 0.353 e. The molecule has 1 aromatic heterocycles. The van der Waals surface area contributed by atoms with Gasteiger partial charge in [0.05, 0.1) is 12.5 Å². The molecule has 3 rings (SSSR count). The summed E-state index contributed by atoms with van der Waals surface area (Å²) in [6.45, 7) is 2.95. The minimum absolute atomic E-state index is 0.238. The van der Waals surface area contributed by atoms with Gasteiger partial charge in [-0.3, -0.25) is 4.79 Å². The Kier molecular flexibility index (Phi) is 3.82. The van der Waals surface area contributed by atoms with Crippen molar-refractivity contribution in [3.63, 3.8) is 0 Å². The standard InChI is InChI=1S/C18H22N2O/c1-14-7-3-4-8-15(14)13-18(21)20-12-6-10-17(20)16-9-5-11-19(16)2/h3-5,7-9,11,17H,6,10,12-13H2,1-2H3/t17-/m1/s1. The maximum Gasteiger partial charge on any atom is 0.227 e. The summed E-state index contributed by atoms with van der Waals surface area (Å²) < 4.78 is 2.13. The van der Waals surface area contributed by atoms with Gasteiger partial charge in [0.2, 0.25) is 5.91 Å². The van der Waals surface area contributed by atoms with Crippen LogP contribution in [0.25, 0.3) is 0 Å². The summed E-state index contributed by atoms with van der Waals surface area (Å²) in [5, 5.41) is 0. The molecule has 1 aliphatic heterocycles. The predicted molar refractivity (Wildman–Crippen MR) is 84.0 cm³/mol. The summed E-state index contributed by atoms with van der Waals surface area (Å²) in [6, 6.07) is 12.6. The van der Waals surface area contributed by atoms with Crippen LogP contribution in [-0.2, 0) is 18.3 Å². The second-order valence-electron chi connectivity index (χ2n) is 5.89. The van der Waals surface area contributed by atoms with Crippen LogP contribution < -0.4 is 0 Å². The Morgan fingerprint density at radius 3 is 2.76 bits per heavy atom. The number of hydrogen-bond donors (Lipinski definition) is 0. The normalized spacial score (nSPS) is 18.2. The molecule has 1 amide bonds. The van der Waals surface area contributed by atoms with Crippen molar-refractivity contribution in [3.05, 3.63) is 59.4 Å². The number of aryl methyl sites for hydroxylation is 2. The summed E-state index contributed by atoms with van der Waals surface area (Å²) in [5.41, 5.74) is 3.58. The molecule has 3 nitrogen and oxygen atoms in total. The summed E-state index contributed by atoms with van der Waals surface area (Å²) in [5.74, 6) is 0.244. The Hall–Kier alpha value is -2.03. The van der Waals surface area contributed by atoms with Crippen LogP contribution in [0.2, 0.25) is 0 Å². The van der Waals surface area contributed by atoms with E-state index in [1.807, 2.05) is 12.1 Å². The van der Waals surface area contributed by atoms with Crippen LogP contribution in [0.5, 0.6) is 0 Å². The number of carbonyl (C=O) groups is 1. The molecule has 3 heteroatoms. The summed E-state index contributed by atoms with van der Waals surface area (Å²) in [7, 11) is 2.05. The first kappa shape index (κ1) is 13.9. The predicted octanol–water partition coefficient (Wildman–Crippen LogP) is 3.24. The number of likely N-dealkylation sites (tertiary alicyclic amines) is 1. The van der Waals surface area contributed by atoms with Gasteiger partial charge in [0, 0.05) is 25.5 Å². The van der Waals surface area contributed by atoms with E-state index in [-0.39, 0.29) is 11.9 Å². The number of benzene rings is 1. The van der Waals surface area contributed by atoms with Crippen LogP contribution in [-0.4, -0.2) is 21.9 Å². The van der Waals surface area contributed by atoms with E-state index in [0.717, 1.165) is 24.9 Å². The molecule has 2 aromatic rings. The highest BCUT2D eigenvalue weighted by molar-refractivity contribution is 5.79. The third-order valence-electron chi connectivity index (χ3n) is 4.50. The number of hydrogen-bond acceptors (Lipinski definition) is 1. The Labute approximate surface area is 126 Å². The van der Waals surface area contributed by atoms with Crippen molar-refractivity contribution in [1.29, 1.82) is 0 Å². The van der Waals surface area contributed by atoms with Gasteiger partial charge in [0.25, 0.3) is 0 Å². The molecular formula is C18H22N2O. The Morgan fingerprint density at radius 2 is 2.05 bits per heavy atom. The van der Waals surface area contributed by atoms with Gasteiger partial charge in [-0.05, 0) is 43.0 Å². The number of nitrogens with zero attached hydrogens (tertiary/aromatic N) is 2. The van der Waals surface area contributed by atoms with E-state index in [1.165, 1.54) is 11.3 Å². The molecule has 1 aliphatic rings. The first-order chi connectivity index (χ1) is 10.2. The summed E-state index contributed by atoms with van der Waals surface area (Å²) in [4.78, 5) is 14.8. The molecule has 0 bridgehead atoms. The quantitative estimate of drug-likeness (QED) is 0.848. The summed E-state index contributed by atoms with van der Waals surface area (Å²) >= 11 is 0. The second-order valence-corrected chi connectivity index (χ2v) is 5.89. The fraction of sp³-hybridized carbons (Fsp3) is 0.389. The lowest BCUT2D eigenvalue weighted by Gasteiger charge is -2.25. The lowest BCUT2D eigenvalue weighted by atomic mass is 10.0. The molecule has 0 spiro atoms. The van der Waals surface area contributed by atoms with Crippen molar-refractivity contribution >= 4 is 5.91 Å². The van der Waals surface area contributed by atoms with Gasteiger partial charge >= 0.3 is 0 Å². The van der Waals surface area contributed by atoms with Gasteiger partial charge in [0.15, 0.2) is 0 Å². The van der Waals surface area contributed by atoms with Gasteiger partial charge in [-0.1, -0.05) is 24.3 Å². The zero-order valence-corrected chi connectivity index (χ0v) is 12.7. The molecule has 1 fully saturated rings. The van der Waals surface area contributed by atoms with Gasteiger partial charge in [0.1, 0.15) is 0 Å². The number of rotatable bonds is 3. The van der Waals surface area contributed by atoms with Gasteiger partial charge < -0.3 is 9.47 Å². The van der Waals surface area contributed by atoms with Gasteiger partial charge in [-0.25, -0.2) is 0 Å². The maximum atomic E-state index is 12.7. The van der Waals surface area contributed by atoms with Crippen molar-refractivity contribution in [2.24, 2.45) is 7.05 Å². The third kappa shape index (κ3) is 2.73. The van der Waals surface area contributed by atoms with Crippen molar-refractivity contribution in [2.75, 3.05) is 6.54 Å². The molecule has 2 heterocycles. The van der Waals surface area contributed by atoms with E-state index in [1.54, 1.807) is 0 Å². The number of carbonyl (C=O) groups excluding carboxylic acids is 1. The molecule has 0 saturated carbocycles. The summed E-state index contributed by atoms with van der Waals surface area (Å²) in [6.07, 6.45) is 4.72. The Balaban J connectivity index is 1.78. The number of amides is 1. The van der Waals surface area contributed by atoms with Crippen LogP contribution in [0.3, 0.4) is 0 Å². The average Bonchev–Trinajstić information content (AvgIpc) is 3.09. The first-order valence-corrected chi connectivity index (χ1v) is 7.62. The maximum absolute atomic E-state index is 12.7. The highest BCUT2D eigenvalue weighted by atomic mass is 16.2. The van der Waals surface area contributed by atoms with E-state index in [2.05, 4.69) is 53.9 Å². The fourth-order valence-electron chi connectivity index (χ4n) is 3.27. The minimum atomic E-state index is 0.238. The zero-order valence-electron chi connectivity index (χ0n) is 12.7. The average molecular weight is 282 g/mol. The molecule has 1 aromatic carbocycles. The van der Waals surface area contributed by atoms with Crippen molar-refractivity contribution < 1.29 is 4.79 Å². The van der Waals surface area contributed by atoms with E-state index < -0.39 is 0 Å². The smallest absolute Gasteiger partial charge is 0.227 e. The fourth-order valence-corrected chi connectivity index (χ4v) is 3.27. The highest BCUT2D eigenvalue weighted by Gasteiger charge is 2.31. The van der Waals surface area contributed by atoms with E-state index in [4.69, 9.17) is 0 Å². The van der Waals surface area contributed by atoms with Gasteiger partial charge in [-0.15, -0.1) is 0 Å². The van der Waals surface area contributed by atoms with Crippen LogP contribution in [0.1, 0.15) is 35.7 Å².